The molecule has 2 amide bonds. The van der Waals surface area contributed by atoms with Crippen LogP contribution in [0.5, 0.6) is 0 Å². The molecule has 0 aliphatic rings. The Morgan fingerprint density at radius 2 is 1.78 bits per heavy atom. The van der Waals surface area contributed by atoms with E-state index >= 15 is 0 Å². The van der Waals surface area contributed by atoms with Crippen LogP contribution in [0, 0.1) is 19.3 Å². The van der Waals surface area contributed by atoms with Crippen LogP contribution in [0.1, 0.15) is 31.4 Å². The molecule has 0 fully saturated rings. The summed E-state index contributed by atoms with van der Waals surface area (Å²) in [6, 6.07) is 5.81. The van der Waals surface area contributed by atoms with E-state index < -0.39 is 5.41 Å². The number of amides is 2. The normalized spacial score (nSPS) is 11.4. The van der Waals surface area contributed by atoms with Gasteiger partial charge in [0.2, 0.25) is 11.8 Å². The topological polar surface area (TPSA) is 61.4 Å². The average Bonchev–Trinajstić information content (AvgIpc) is 2.45. The molecule has 0 unspecified atom stereocenters. The quantitative estimate of drug-likeness (QED) is 0.599. The van der Waals surface area contributed by atoms with Crippen molar-refractivity contribution in [3.63, 3.8) is 0 Å². The molecule has 1 aromatic carbocycles. The summed E-state index contributed by atoms with van der Waals surface area (Å²) in [5, 5.41) is 5.70. The van der Waals surface area contributed by atoms with Gasteiger partial charge in [-0.25, -0.2) is 0 Å². The molecule has 0 saturated heterocycles. The lowest BCUT2D eigenvalue weighted by molar-refractivity contribution is -0.138. The molecule has 0 atom stereocenters. The lowest BCUT2D eigenvalue weighted by Crippen LogP contribution is -2.45. The molecule has 5 nitrogen and oxygen atoms in total. The zero-order chi connectivity index (χ0) is 17.6. The number of rotatable bonds is 7. The molecule has 0 aromatic heterocycles. The zero-order valence-electron chi connectivity index (χ0n) is 15.1. The van der Waals surface area contributed by atoms with E-state index in [-0.39, 0.29) is 11.8 Å². The molecule has 1 aromatic rings. The Bertz CT molecular complexity index is 565. The van der Waals surface area contributed by atoms with Gasteiger partial charge in [0.15, 0.2) is 0 Å². The maximum atomic E-state index is 12.5. The van der Waals surface area contributed by atoms with Crippen molar-refractivity contribution in [2.45, 2.75) is 34.1 Å². The summed E-state index contributed by atoms with van der Waals surface area (Å²) < 4.78 is 0. The summed E-state index contributed by atoms with van der Waals surface area (Å²) >= 11 is 0. The van der Waals surface area contributed by atoms with Crippen molar-refractivity contribution in [2.75, 3.05) is 32.5 Å². The molecule has 0 heterocycles. The number of anilines is 1. The van der Waals surface area contributed by atoms with E-state index in [2.05, 4.69) is 15.5 Å². The van der Waals surface area contributed by atoms with Crippen LogP contribution >= 0.6 is 0 Å². The molecular weight excluding hydrogens is 290 g/mol. The SMILES string of the molecule is Cc1ccc(NC(=O)C(C)(C)C(=O)NCCCN(C)C)c(C)c1. The first-order valence-corrected chi connectivity index (χ1v) is 7.96. The molecule has 0 radical (unpaired) electrons. The van der Waals surface area contributed by atoms with Gasteiger partial charge in [0.05, 0.1) is 0 Å². The standard InChI is InChI=1S/C18H29N3O2/c1-13-8-9-15(14(2)12-13)20-17(23)18(3,4)16(22)19-10-7-11-21(5)6/h8-9,12H,7,10-11H2,1-6H3,(H,19,22)(H,20,23). The van der Waals surface area contributed by atoms with Crippen molar-refractivity contribution in [3.8, 4) is 0 Å². The summed E-state index contributed by atoms with van der Waals surface area (Å²) in [4.78, 5) is 26.8. The van der Waals surface area contributed by atoms with Crippen LogP contribution in [-0.4, -0.2) is 43.9 Å². The molecule has 0 saturated carbocycles. The second kappa shape index (κ2) is 8.11. The fraction of sp³-hybridized carbons (Fsp3) is 0.556. The van der Waals surface area contributed by atoms with Crippen LogP contribution in [0.3, 0.4) is 0 Å². The highest BCUT2D eigenvalue weighted by Crippen LogP contribution is 2.22. The van der Waals surface area contributed by atoms with Crippen LogP contribution in [-0.2, 0) is 9.59 Å². The third-order valence-electron chi connectivity index (χ3n) is 3.83. The van der Waals surface area contributed by atoms with E-state index in [1.165, 1.54) is 0 Å². The number of carbonyl (C=O) groups is 2. The first-order chi connectivity index (χ1) is 10.6. The number of hydrogen-bond donors (Lipinski definition) is 2. The second-order valence-electron chi connectivity index (χ2n) is 6.81. The fourth-order valence-corrected chi connectivity index (χ4v) is 2.15. The minimum atomic E-state index is -1.12. The summed E-state index contributed by atoms with van der Waals surface area (Å²) in [6.45, 7) is 8.70. The van der Waals surface area contributed by atoms with E-state index in [1.807, 2.05) is 46.1 Å². The summed E-state index contributed by atoms with van der Waals surface area (Å²) in [7, 11) is 3.98. The van der Waals surface area contributed by atoms with E-state index in [1.54, 1.807) is 13.8 Å². The lowest BCUT2D eigenvalue weighted by Gasteiger charge is -2.23. The van der Waals surface area contributed by atoms with Gasteiger partial charge in [-0.1, -0.05) is 17.7 Å². The Labute approximate surface area is 139 Å². The largest absolute Gasteiger partial charge is 0.355 e. The summed E-state index contributed by atoms with van der Waals surface area (Å²) in [5.74, 6) is -0.548. The predicted molar refractivity (Wildman–Crippen MR) is 94.5 cm³/mol. The Kier molecular flexibility index (Phi) is 6.76. The Balaban J connectivity index is 2.63. The first-order valence-electron chi connectivity index (χ1n) is 7.96. The molecule has 5 heteroatoms. The highest BCUT2D eigenvalue weighted by atomic mass is 16.2. The maximum absolute atomic E-state index is 12.5. The van der Waals surface area contributed by atoms with Gasteiger partial charge in [-0.2, -0.15) is 0 Å². The van der Waals surface area contributed by atoms with Gasteiger partial charge in [0, 0.05) is 12.2 Å². The summed E-state index contributed by atoms with van der Waals surface area (Å²) in [5.41, 5.74) is 1.75. The molecule has 0 spiro atoms. The van der Waals surface area contributed by atoms with Crippen molar-refractivity contribution in [1.29, 1.82) is 0 Å². The maximum Gasteiger partial charge on any atom is 0.239 e. The van der Waals surface area contributed by atoms with Crippen LogP contribution in [0.25, 0.3) is 0 Å². The number of hydrogen-bond acceptors (Lipinski definition) is 3. The summed E-state index contributed by atoms with van der Waals surface area (Å²) in [6.07, 6.45) is 0.855. The van der Waals surface area contributed by atoms with Crippen molar-refractivity contribution in [1.82, 2.24) is 10.2 Å². The van der Waals surface area contributed by atoms with Crippen molar-refractivity contribution in [2.24, 2.45) is 5.41 Å². The van der Waals surface area contributed by atoms with Crippen molar-refractivity contribution < 1.29 is 9.59 Å². The van der Waals surface area contributed by atoms with E-state index in [4.69, 9.17) is 0 Å². The van der Waals surface area contributed by atoms with Gasteiger partial charge in [0.1, 0.15) is 5.41 Å². The predicted octanol–water partition coefficient (Wildman–Crippen LogP) is 2.34. The average molecular weight is 319 g/mol. The number of nitrogens with one attached hydrogen (secondary N) is 2. The van der Waals surface area contributed by atoms with Gasteiger partial charge < -0.3 is 15.5 Å². The Morgan fingerprint density at radius 3 is 2.35 bits per heavy atom. The van der Waals surface area contributed by atoms with Crippen LogP contribution in [0.15, 0.2) is 18.2 Å². The highest BCUT2D eigenvalue weighted by Gasteiger charge is 2.36. The minimum absolute atomic E-state index is 0.251. The molecular formula is C18H29N3O2. The molecule has 128 valence electrons. The van der Waals surface area contributed by atoms with Crippen molar-refractivity contribution in [3.05, 3.63) is 29.3 Å². The lowest BCUT2D eigenvalue weighted by atomic mass is 9.90. The third kappa shape index (κ3) is 5.67. The van der Waals surface area contributed by atoms with E-state index in [0.29, 0.717) is 6.54 Å². The van der Waals surface area contributed by atoms with Gasteiger partial charge in [-0.3, -0.25) is 9.59 Å². The molecule has 0 aliphatic carbocycles. The Hall–Kier alpha value is -1.88. The molecule has 0 aliphatic heterocycles. The number of benzene rings is 1. The number of carbonyl (C=O) groups excluding carboxylic acids is 2. The van der Waals surface area contributed by atoms with Gasteiger partial charge >= 0.3 is 0 Å². The van der Waals surface area contributed by atoms with Crippen molar-refractivity contribution >= 4 is 17.5 Å². The highest BCUT2D eigenvalue weighted by molar-refractivity contribution is 6.10. The smallest absolute Gasteiger partial charge is 0.239 e. The van der Waals surface area contributed by atoms with Crippen LogP contribution in [0.2, 0.25) is 0 Å². The van der Waals surface area contributed by atoms with Gasteiger partial charge in [-0.05, 0) is 66.4 Å². The monoisotopic (exact) mass is 319 g/mol. The van der Waals surface area contributed by atoms with Crippen LogP contribution in [0.4, 0.5) is 5.69 Å². The van der Waals surface area contributed by atoms with E-state index in [9.17, 15) is 9.59 Å². The first kappa shape index (κ1) is 19.2. The minimum Gasteiger partial charge on any atom is -0.355 e. The van der Waals surface area contributed by atoms with E-state index in [0.717, 1.165) is 29.8 Å². The van der Waals surface area contributed by atoms with Crippen LogP contribution < -0.4 is 10.6 Å². The fourth-order valence-electron chi connectivity index (χ4n) is 2.15. The molecule has 1 rings (SSSR count). The number of aryl methyl sites for hydroxylation is 2. The molecule has 0 bridgehead atoms. The van der Waals surface area contributed by atoms with Gasteiger partial charge in [-0.15, -0.1) is 0 Å². The van der Waals surface area contributed by atoms with Gasteiger partial charge in [0.25, 0.3) is 0 Å². The zero-order valence-corrected chi connectivity index (χ0v) is 15.1. The third-order valence-corrected chi connectivity index (χ3v) is 3.83. The molecule has 2 N–H and O–H groups in total. The molecule has 23 heavy (non-hydrogen) atoms. The second-order valence-corrected chi connectivity index (χ2v) is 6.81. The number of nitrogens with zero attached hydrogens (tertiary/aromatic N) is 1. The Morgan fingerprint density at radius 1 is 1.13 bits per heavy atom.